The Morgan fingerprint density at radius 1 is 1.26 bits per heavy atom. The van der Waals surface area contributed by atoms with Gasteiger partial charge in [-0.1, -0.05) is 19.1 Å². The molecule has 0 fully saturated rings. The average Bonchev–Trinajstić information content (AvgIpc) is 2.44. The van der Waals surface area contributed by atoms with Crippen LogP contribution in [0.3, 0.4) is 0 Å². The summed E-state index contributed by atoms with van der Waals surface area (Å²) < 4.78 is 5.71. The molecule has 1 aromatic rings. The summed E-state index contributed by atoms with van der Waals surface area (Å²) in [6, 6.07) is 7.90. The molecule has 0 unspecified atom stereocenters. The monoisotopic (exact) mass is 266 g/mol. The van der Waals surface area contributed by atoms with E-state index in [0.717, 1.165) is 43.8 Å². The molecule has 108 valence electrons. The van der Waals surface area contributed by atoms with Gasteiger partial charge < -0.3 is 20.5 Å². The molecular weight excluding hydrogens is 240 g/mol. The fourth-order valence-corrected chi connectivity index (χ4v) is 2.03. The van der Waals surface area contributed by atoms with Gasteiger partial charge in [0.15, 0.2) is 0 Å². The zero-order chi connectivity index (χ0) is 13.9. The first kappa shape index (κ1) is 16.0. The highest BCUT2D eigenvalue weighted by Gasteiger charge is 2.02. The number of nitrogens with two attached hydrogens (primary N) is 1. The van der Waals surface area contributed by atoms with E-state index in [9.17, 15) is 0 Å². The van der Waals surface area contributed by atoms with Crippen molar-refractivity contribution in [3.63, 3.8) is 0 Å². The second kappa shape index (κ2) is 9.78. The van der Waals surface area contributed by atoms with Crippen LogP contribution in [0.2, 0.25) is 0 Å². The third-order valence-electron chi connectivity index (χ3n) is 2.98. The van der Waals surface area contributed by atoms with Crippen LogP contribution in [0, 0.1) is 0 Å². The first-order chi connectivity index (χ1) is 9.30. The van der Waals surface area contributed by atoms with Crippen molar-refractivity contribution < 1.29 is 9.84 Å². The Morgan fingerprint density at radius 3 is 2.79 bits per heavy atom. The average molecular weight is 266 g/mol. The van der Waals surface area contributed by atoms with E-state index in [-0.39, 0.29) is 6.61 Å². The van der Waals surface area contributed by atoms with Gasteiger partial charge in [0.05, 0.1) is 13.2 Å². The Hall–Kier alpha value is -1.10. The van der Waals surface area contributed by atoms with Crippen LogP contribution >= 0.6 is 0 Å². The van der Waals surface area contributed by atoms with E-state index >= 15 is 0 Å². The summed E-state index contributed by atoms with van der Waals surface area (Å²) in [5.74, 6) is 0.882. The summed E-state index contributed by atoms with van der Waals surface area (Å²) in [4.78, 5) is 2.26. The second-order valence-corrected chi connectivity index (χ2v) is 4.62. The normalized spacial score (nSPS) is 10.9. The van der Waals surface area contributed by atoms with Crippen LogP contribution in [0.25, 0.3) is 0 Å². The van der Waals surface area contributed by atoms with E-state index in [4.69, 9.17) is 15.6 Å². The number of hydrogen-bond acceptors (Lipinski definition) is 4. The fraction of sp³-hybridized carbons (Fsp3) is 0.600. The molecule has 0 bridgehead atoms. The van der Waals surface area contributed by atoms with Gasteiger partial charge in [-0.05, 0) is 37.1 Å². The molecule has 0 amide bonds. The summed E-state index contributed by atoms with van der Waals surface area (Å²) in [6.45, 7) is 6.35. The fourth-order valence-electron chi connectivity index (χ4n) is 2.03. The molecule has 1 aromatic carbocycles. The van der Waals surface area contributed by atoms with Crippen molar-refractivity contribution in [1.29, 1.82) is 0 Å². The minimum atomic E-state index is 0.222. The van der Waals surface area contributed by atoms with Crippen LogP contribution in [-0.4, -0.2) is 42.9 Å². The van der Waals surface area contributed by atoms with E-state index in [2.05, 4.69) is 11.8 Å². The third kappa shape index (κ3) is 6.57. The number of rotatable bonds is 10. The van der Waals surface area contributed by atoms with Crippen LogP contribution in [0.15, 0.2) is 24.3 Å². The molecule has 19 heavy (non-hydrogen) atoms. The van der Waals surface area contributed by atoms with Crippen molar-refractivity contribution >= 4 is 0 Å². The molecule has 0 aromatic heterocycles. The van der Waals surface area contributed by atoms with Gasteiger partial charge in [-0.2, -0.15) is 0 Å². The lowest BCUT2D eigenvalue weighted by Crippen LogP contribution is -2.29. The topological polar surface area (TPSA) is 58.7 Å². The molecule has 0 atom stereocenters. The number of benzene rings is 1. The number of aliphatic hydroxyl groups is 1. The largest absolute Gasteiger partial charge is 0.494 e. The van der Waals surface area contributed by atoms with E-state index < -0.39 is 0 Å². The minimum Gasteiger partial charge on any atom is -0.494 e. The first-order valence-electron chi connectivity index (χ1n) is 7.05. The predicted molar refractivity (Wildman–Crippen MR) is 78.3 cm³/mol. The van der Waals surface area contributed by atoms with Gasteiger partial charge >= 0.3 is 0 Å². The van der Waals surface area contributed by atoms with E-state index in [1.54, 1.807) is 0 Å². The maximum absolute atomic E-state index is 8.97. The van der Waals surface area contributed by atoms with Crippen molar-refractivity contribution in [1.82, 2.24) is 4.90 Å². The van der Waals surface area contributed by atoms with Gasteiger partial charge in [0.1, 0.15) is 5.75 Å². The number of aliphatic hydroxyl groups excluding tert-OH is 1. The Bertz CT molecular complexity index is 339. The van der Waals surface area contributed by atoms with Gasteiger partial charge in [-0.15, -0.1) is 0 Å². The van der Waals surface area contributed by atoms with Gasteiger partial charge in [0.2, 0.25) is 0 Å². The van der Waals surface area contributed by atoms with Crippen molar-refractivity contribution in [2.75, 3.05) is 32.8 Å². The summed E-state index contributed by atoms with van der Waals surface area (Å²) in [5, 5.41) is 8.97. The maximum Gasteiger partial charge on any atom is 0.119 e. The second-order valence-electron chi connectivity index (χ2n) is 4.62. The molecule has 0 spiro atoms. The van der Waals surface area contributed by atoms with Crippen LogP contribution in [0.1, 0.15) is 25.3 Å². The minimum absolute atomic E-state index is 0.222. The molecule has 0 aliphatic rings. The lowest BCUT2D eigenvalue weighted by atomic mass is 10.2. The predicted octanol–water partition coefficient (Wildman–Crippen LogP) is 1.62. The number of nitrogens with zero attached hydrogens (tertiary/aromatic N) is 1. The standard InChI is InChI=1S/C15H26N2O2/c1-2-7-17(9-10-18)8-4-11-19-15-6-3-5-14(12-15)13-16/h3,5-6,12,18H,2,4,7-11,13,16H2,1H3. The van der Waals surface area contributed by atoms with Gasteiger partial charge in [-0.3, -0.25) is 0 Å². The first-order valence-corrected chi connectivity index (χ1v) is 7.05. The Balaban J connectivity index is 2.25. The zero-order valence-electron chi connectivity index (χ0n) is 11.8. The molecule has 4 nitrogen and oxygen atoms in total. The molecule has 0 heterocycles. The highest BCUT2D eigenvalue weighted by atomic mass is 16.5. The molecule has 1 rings (SSSR count). The van der Waals surface area contributed by atoms with Gasteiger partial charge in [0, 0.05) is 19.6 Å². The molecule has 0 aliphatic heterocycles. The summed E-state index contributed by atoms with van der Waals surface area (Å²) in [6.07, 6.45) is 2.08. The van der Waals surface area contributed by atoms with Crippen molar-refractivity contribution in [2.24, 2.45) is 5.73 Å². The van der Waals surface area contributed by atoms with Crippen LogP contribution in [0.4, 0.5) is 0 Å². The van der Waals surface area contributed by atoms with Crippen LogP contribution in [-0.2, 0) is 6.54 Å². The number of ether oxygens (including phenoxy) is 1. The Morgan fingerprint density at radius 2 is 2.11 bits per heavy atom. The van der Waals surface area contributed by atoms with E-state index in [0.29, 0.717) is 13.2 Å². The molecule has 4 heteroatoms. The van der Waals surface area contributed by atoms with E-state index in [1.165, 1.54) is 0 Å². The summed E-state index contributed by atoms with van der Waals surface area (Å²) in [5.41, 5.74) is 6.68. The quantitative estimate of drug-likeness (QED) is 0.632. The van der Waals surface area contributed by atoms with Crippen LogP contribution < -0.4 is 10.5 Å². The zero-order valence-corrected chi connectivity index (χ0v) is 11.8. The molecule has 0 aliphatic carbocycles. The molecule has 3 N–H and O–H groups in total. The number of hydrogen-bond donors (Lipinski definition) is 2. The Labute approximate surface area is 116 Å². The lowest BCUT2D eigenvalue weighted by molar-refractivity contribution is 0.183. The highest BCUT2D eigenvalue weighted by molar-refractivity contribution is 5.28. The third-order valence-corrected chi connectivity index (χ3v) is 2.98. The Kier molecular flexibility index (Phi) is 8.21. The van der Waals surface area contributed by atoms with E-state index in [1.807, 2.05) is 24.3 Å². The smallest absolute Gasteiger partial charge is 0.119 e. The van der Waals surface area contributed by atoms with Crippen molar-refractivity contribution in [3.8, 4) is 5.75 Å². The summed E-state index contributed by atoms with van der Waals surface area (Å²) in [7, 11) is 0. The molecular formula is C15H26N2O2. The van der Waals surface area contributed by atoms with Gasteiger partial charge in [-0.25, -0.2) is 0 Å². The lowest BCUT2D eigenvalue weighted by Gasteiger charge is -2.20. The highest BCUT2D eigenvalue weighted by Crippen LogP contribution is 2.13. The molecule has 0 saturated heterocycles. The van der Waals surface area contributed by atoms with Gasteiger partial charge in [0.25, 0.3) is 0 Å². The maximum atomic E-state index is 8.97. The molecule has 0 radical (unpaired) electrons. The van der Waals surface area contributed by atoms with Crippen LogP contribution in [0.5, 0.6) is 5.75 Å². The molecule has 0 saturated carbocycles. The summed E-state index contributed by atoms with van der Waals surface area (Å²) >= 11 is 0. The van der Waals surface area contributed by atoms with Crippen molar-refractivity contribution in [3.05, 3.63) is 29.8 Å². The SMILES string of the molecule is CCCN(CCO)CCCOc1cccc(CN)c1. The van der Waals surface area contributed by atoms with Crippen molar-refractivity contribution in [2.45, 2.75) is 26.3 Å².